The van der Waals surface area contributed by atoms with Crippen LogP contribution in [-0.4, -0.2) is 39.5 Å². The molecule has 1 aliphatic rings. The van der Waals surface area contributed by atoms with Crippen molar-refractivity contribution in [1.29, 1.82) is 5.26 Å². The van der Waals surface area contributed by atoms with E-state index in [4.69, 9.17) is 5.26 Å². The predicted octanol–water partition coefficient (Wildman–Crippen LogP) is 1.49. The Bertz CT molecular complexity index is 649. The van der Waals surface area contributed by atoms with Crippen LogP contribution in [0.3, 0.4) is 0 Å². The van der Waals surface area contributed by atoms with Gasteiger partial charge in [-0.15, -0.1) is 0 Å². The van der Waals surface area contributed by atoms with E-state index in [1.165, 1.54) is 6.07 Å². The number of nitrogens with zero attached hydrogens (tertiary/aromatic N) is 2. The van der Waals surface area contributed by atoms with Gasteiger partial charge in [-0.2, -0.15) is 5.26 Å². The first-order chi connectivity index (χ1) is 9.96. The Kier molecular flexibility index (Phi) is 4.99. The van der Waals surface area contributed by atoms with Crippen LogP contribution in [0.1, 0.15) is 24.5 Å². The van der Waals surface area contributed by atoms with E-state index in [-0.39, 0.29) is 4.90 Å². The lowest BCUT2D eigenvalue weighted by Gasteiger charge is -2.14. The van der Waals surface area contributed by atoms with Crippen LogP contribution in [0.4, 0.5) is 0 Å². The molecule has 0 aliphatic carbocycles. The predicted molar refractivity (Wildman–Crippen MR) is 81.3 cm³/mol. The van der Waals surface area contributed by atoms with Gasteiger partial charge < -0.3 is 4.90 Å². The Morgan fingerprint density at radius 2 is 2.24 bits per heavy atom. The van der Waals surface area contributed by atoms with Crippen molar-refractivity contribution in [1.82, 2.24) is 9.62 Å². The summed E-state index contributed by atoms with van der Waals surface area (Å²) in [6.07, 6.45) is 1.03. The summed E-state index contributed by atoms with van der Waals surface area (Å²) in [5.41, 5.74) is 1.18. The summed E-state index contributed by atoms with van der Waals surface area (Å²) in [7, 11) is -3.50. The first-order valence-corrected chi connectivity index (χ1v) is 8.67. The van der Waals surface area contributed by atoms with Gasteiger partial charge in [0.2, 0.25) is 10.0 Å². The Morgan fingerprint density at radius 1 is 1.48 bits per heavy atom. The summed E-state index contributed by atoms with van der Waals surface area (Å²) < 4.78 is 27.3. The molecule has 1 heterocycles. The second-order valence-electron chi connectivity index (χ2n) is 5.49. The second kappa shape index (κ2) is 6.56. The van der Waals surface area contributed by atoms with Gasteiger partial charge in [0.15, 0.2) is 0 Å². The SMILES string of the molecule is CCN1CCC(CNS(=O)(=O)c2ccc(C#N)c(C)c2)C1. The average molecular weight is 307 g/mol. The largest absolute Gasteiger partial charge is 0.303 e. The molecule has 1 fully saturated rings. The number of hydrogen-bond donors (Lipinski definition) is 1. The molecule has 1 unspecified atom stereocenters. The molecule has 1 aliphatic heterocycles. The number of nitrogens with one attached hydrogen (secondary N) is 1. The fourth-order valence-electron chi connectivity index (χ4n) is 2.61. The Morgan fingerprint density at radius 3 is 2.81 bits per heavy atom. The minimum Gasteiger partial charge on any atom is -0.303 e. The van der Waals surface area contributed by atoms with Crippen LogP contribution in [0.5, 0.6) is 0 Å². The zero-order chi connectivity index (χ0) is 15.5. The highest BCUT2D eigenvalue weighted by Crippen LogP contribution is 2.17. The standard InChI is InChI=1S/C15H21N3O2S/c1-3-18-7-6-13(11-18)10-17-21(19,20)15-5-4-14(9-16)12(2)8-15/h4-5,8,13,17H,3,6-7,10-11H2,1-2H3. The van der Waals surface area contributed by atoms with Crippen molar-refractivity contribution in [3.8, 4) is 6.07 Å². The fourth-order valence-corrected chi connectivity index (χ4v) is 3.81. The Hall–Kier alpha value is -1.42. The van der Waals surface area contributed by atoms with Gasteiger partial charge in [0, 0.05) is 13.1 Å². The van der Waals surface area contributed by atoms with Crippen molar-refractivity contribution >= 4 is 10.0 Å². The number of likely N-dealkylation sites (tertiary alicyclic amines) is 1. The smallest absolute Gasteiger partial charge is 0.240 e. The normalized spacial score (nSPS) is 19.6. The Balaban J connectivity index is 2.02. The molecule has 0 spiro atoms. The zero-order valence-electron chi connectivity index (χ0n) is 12.5. The molecule has 0 bridgehead atoms. The van der Waals surface area contributed by atoms with Gasteiger partial charge in [0.05, 0.1) is 16.5 Å². The topological polar surface area (TPSA) is 73.2 Å². The highest BCUT2D eigenvalue weighted by Gasteiger charge is 2.23. The summed E-state index contributed by atoms with van der Waals surface area (Å²) in [6.45, 7) is 7.33. The van der Waals surface area contributed by atoms with Crippen LogP contribution in [0.25, 0.3) is 0 Å². The van der Waals surface area contributed by atoms with Gasteiger partial charge in [-0.1, -0.05) is 6.92 Å². The van der Waals surface area contributed by atoms with Crippen LogP contribution in [0, 0.1) is 24.2 Å². The molecule has 5 nitrogen and oxygen atoms in total. The van der Waals surface area contributed by atoms with Crippen LogP contribution in [0.2, 0.25) is 0 Å². The molecule has 0 aromatic heterocycles. The maximum Gasteiger partial charge on any atom is 0.240 e. The van der Waals surface area contributed by atoms with Gasteiger partial charge in [-0.05, 0) is 56.1 Å². The Labute approximate surface area is 126 Å². The van der Waals surface area contributed by atoms with E-state index in [9.17, 15) is 8.42 Å². The monoisotopic (exact) mass is 307 g/mol. The molecule has 21 heavy (non-hydrogen) atoms. The van der Waals surface area contributed by atoms with Crippen molar-refractivity contribution in [3.63, 3.8) is 0 Å². The molecule has 2 rings (SSSR count). The third kappa shape index (κ3) is 3.82. The fraction of sp³-hybridized carbons (Fsp3) is 0.533. The summed E-state index contributed by atoms with van der Waals surface area (Å²) in [5, 5.41) is 8.89. The van der Waals surface area contributed by atoms with E-state index in [0.717, 1.165) is 26.1 Å². The van der Waals surface area contributed by atoms with E-state index in [1.54, 1.807) is 19.1 Å². The maximum absolute atomic E-state index is 12.3. The molecule has 0 saturated carbocycles. The zero-order valence-corrected chi connectivity index (χ0v) is 13.3. The van der Waals surface area contributed by atoms with Gasteiger partial charge in [-0.3, -0.25) is 0 Å². The lowest BCUT2D eigenvalue weighted by atomic mass is 10.1. The number of sulfonamides is 1. The molecular formula is C15H21N3O2S. The molecule has 1 saturated heterocycles. The first-order valence-electron chi connectivity index (χ1n) is 7.19. The summed E-state index contributed by atoms with van der Waals surface area (Å²) in [5.74, 6) is 0.374. The van der Waals surface area contributed by atoms with Crippen LogP contribution < -0.4 is 4.72 Å². The number of benzene rings is 1. The van der Waals surface area contributed by atoms with Crippen LogP contribution in [-0.2, 0) is 10.0 Å². The molecule has 1 atom stereocenters. The van der Waals surface area contributed by atoms with Crippen molar-refractivity contribution in [2.75, 3.05) is 26.2 Å². The maximum atomic E-state index is 12.3. The number of aryl methyl sites for hydroxylation is 1. The van der Waals surface area contributed by atoms with E-state index in [1.807, 2.05) is 6.07 Å². The third-order valence-corrected chi connectivity index (χ3v) is 5.43. The summed E-state index contributed by atoms with van der Waals surface area (Å²) >= 11 is 0. The molecule has 0 amide bonds. The molecule has 1 aromatic rings. The van der Waals surface area contributed by atoms with E-state index < -0.39 is 10.0 Å². The lowest BCUT2D eigenvalue weighted by Crippen LogP contribution is -2.31. The van der Waals surface area contributed by atoms with E-state index in [0.29, 0.717) is 23.6 Å². The summed E-state index contributed by atoms with van der Waals surface area (Å²) in [6, 6.07) is 6.63. The van der Waals surface area contributed by atoms with Gasteiger partial charge in [0.25, 0.3) is 0 Å². The van der Waals surface area contributed by atoms with Gasteiger partial charge >= 0.3 is 0 Å². The molecule has 114 valence electrons. The van der Waals surface area contributed by atoms with Crippen molar-refractivity contribution in [3.05, 3.63) is 29.3 Å². The summed E-state index contributed by atoms with van der Waals surface area (Å²) in [4.78, 5) is 2.55. The van der Waals surface area contributed by atoms with Gasteiger partial charge in [0.1, 0.15) is 0 Å². The number of rotatable bonds is 5. The van der Waals surface area contributed by atoms with Crippen molar-refractivity contribution < 1.29 is 8.42 Å². The quantitative estimate of drug-likeness (QED) is 0.894. The second-order valence-corrected chi connectivity index (χ2v) is 7.26. The highest BCUT2D eigenvalue weighted by molar-refractivity contribution is 7.89. The number of nitriles is 1. The van der Waals surface area contributed by atoms with E-state index >= 15 is 0 Å². The minimum atomic E-state index is -3.50. The molecule has 0 radical (unpaired) electrons. The molecule has 1 N–H and O–H groups in total. The van der Waals surface area contributed by atoms with Crippen molar-refractivity contribution in [2.24, 2.45) is 5.92 Å². The van der Waals surface area contributed by atoms with E-state index in [2.05, 4.69) is 16.5 Å². The lowest BCUT2D eigenvalue weighted by molar-refractivity contribution is 0.342. The highest BCUT2D eigenvalue weighted by atomic mass is 32.2. The first kappa shape index (κ1) is 16.0. The molecular weight excluding hydrogens is 286 g/mol. The van der Waals surface area contributed by atoms with Gasteiger partial charge in [-0.25, -0.2) is 13.1 Å². The van der Waals surface area contributed by atoms with Crippen LogP contribution >= 0.6 is 0 Å². The third-order valence-electron chi connectivity index (χ3n) is 4.01. The minimum absolute atomic E-state index is 0.226. The molecule has 1 aromatic carbocycles. The number of hydrogen-bond acceptors (Lipinski definition) is 4. The van der Waals surface area contributed by atoms with Crippen LogP contribution in [0.15, 0.2) is 23.1 Å². The molecule has 6 heteroatoms. The average Bonchev–Trinajstić information content (AvgIpc) is 2.93. The van der Waals surface area contributed by atoms with Crippen molar-refractivity contribution in [2.45, 2.75) is 25.2 Å².